The molecule has 0 aliphatic carbocycles. The Bertz CT molecular complexity index is 804. The molecular weight excluding hydrogens is 342 g/mol. The molecule has 7 nitrogen and oxygen atoms in total. The molecule has 1 saturated heterocycles. The van der Waals surface area contributed by atoms with Crippen LogP contribution in [0.1, 0.15) is 24.0 Å². The van der Waals surface area contributed by atoms with E-state index in [9.17, 15) is 9.59 Å². The number of aryl methyl sites for hydroxylation is 2. The molecule has 0 saturated carbocycles. The zero-order chi connectivity index (χ0) is 19.4. The van der Waals surface area contributed by atoms with Gasteiger partial charge in [-0.2, -0.15) is 5.10 Å². The molecule has 0 spiro atoms. The highest BCUT2D eigenvalue weighted by Crippen LogP contribution is 2.27. The molecule has 1 aliphatic heterocycles. The maximum atomic E-state index is 12.7. The first-order valence-corrected chi connectivity index (χ1v) is 9.25. The Labute approximate surface area is 159 Å². The minimum atomic E-state index is -0.746. The van der Waals surface area contributed by atoms with Crippen LogP contribution in [0.15, 0.2) is 36.5 Å². The summed E-state index contributed by atoms with van der Waals surface area (Å²) < 4.78 is 1.69. The van der Waals surface area contributed by atoms with Gasteiger partial charge in [0.25, 0.3) is 0 Å². The molecule has 1 aromatic heterocycles. The van der Waals surface area contributed by atoms with Crippen molar-refractivity contribution in [1.29, 1.82) is 0 Å². The van der Waals surface area contributed by atoms with Gasteiger partial charge in [-0.3, -0.25) is 14.3 Å². The summed E-state index contributed by atoms with van der Waals surface area (Å²) in [4.78, 5) is 27.1. The Hall–Kier alpha value is -2.83. The van der Waals surface area contributed by atoms with Crippen LogP contribution >= 0.6 is 0 Å². The molecule has 2 heterocycles. The number of benzene rings is 1. The predicted octanol–water partition coefficient (Wildman–Crippen LogP) is 1.49. The standard InChI is InChI=1S/C20H27N5O2/c1-15-4-6-16(7-5-15)14-18(26)25-12-9-20(10-13-25,19(27)21-2)22-17-8-11-24(3)23-17/h4-8,11H,9-10,12-14H2,1-3H3,(H,21,27)(H,22,23). The van der Waals surface area contributed by atoms with Gasteiger partial charge in [0.15, 0.2) is 0 Å². The number of nitrogens with zero attached hydrogens (tertiary/aromatic N) is 3. The topological polar surface area (TPSA) is 79.3 Å². The molecule has 0 radical (unpaired) electrons. The monoisotopic (exact) mass is 369 g/mol. The molecule has 144 valence electrons. The summed E-state index contributed by atoms with van der Waals surface area (Å²) in [7, 11) is 3.48. The van der Waals surface area contributed by atoms with Crippen LogP contribution in [0.5, 0.6) is 0 Å². The summed E-state index contributed by atoms with van der Waals surface area (Å²) >= 11 is 0. The van der Waals surface area contributed by atoms with Crippen LogP contribution in [-0.4, -0.2) is 52.2 Å². The molecule has 3 rings (SSSR count). The lowest BCUT2D eigenvalue weighted by Crippen LogP contribution is -2.58. The van der Waals surface area contributed by atoms with Gasteiger partial charge < -0.3 is 15.5 Å². The summed E-state index contributed by atoms with van der Waals surface area (Å²) in [6.45, 7) is 3.11. The molecule has 7 heteroatoms. The van der Waals surface area contributed by atoms with Crippen molar-refractivity contribution in [2.24, 2.45) is 7.05 Å². The summed E-state index contributed by atoms with van der Waals surface area (Å²) in [5.74, 6) is 0.696. The third-order valence-corrected chi connectivity index (χ3v) is 5.19. The summed E-state index contributed by atoms with van der Waals surface area (Å²) in [5, 5.41) is 10.4. The van der Waals surface area contributed by atoms with Crippen molar-refractivity contribution in [1.82, 2.24) is 20.0 Å². The van der Waals surface area contributed by atoms with E-state index in [-0.39, 0.29) is 11.8 Å². The molecule has 1 aromatic carbocycles. The molecule has 2 N–H and O–H groups in total. The van der Waals surface area contributed by atoms with Crippen LogP contribution in [0.4, 0.5) is 5.82 Å². The predicted molar refractivity (Wildman–Crippen MR) is 104 cm³/mol. The lowest BCUT2D eigenvalue weighted by atomic mass is 9.86. The number of nitrogens with one attached hydrogen (secondary N) is 2. The number of piperidine rings is 1. The fourth-order valence-corrected chi connectivity index (χ4v) is 3.51. The molecule has 2 aromatic rings. The van der Waals surface area contributed by atoms with Gasteiger partial charge in [-0.15, -0.1) is 0 Å². The van der Waals surface area contributed by atoms with E-state index in [0.717, 1.165) is 5.56 Å². The van der Waals surface area contributed by atoms with E-state index in [2.05, 4.69) is 15.7 Å². The summed E-state index contributed by atoms with van der Waals surface area (Å²) in [6, 6.07) is 9.88. The van der Waals surface area contributed by atoms with Crippen LogP contribution in [0.3, 0.4) is 0 Å². The highest BCUT2D eigenvalue weighted by Gasteiger charge is 2.42. The Morgan fingerprint density at radius 2 is 1.81 bits per heavy atom. The van der Waals surface area contributed by atoms with Gasteiger partial charge in [-0.1, -0.05) is 29.8 Å². The average molecular weight is 369 g/mol. The van der Waals surface area contributed by atoms with Crippen LogP contribution in [0.25, 0.3) is 0 Å². The smallest absolute Gasteiger partial charge is 0.245 e. The van der Waals surface area contributed by atoms with Crippen molar-refractivity contribution in [2.45, 2.75) is 31.7 Å². The molecule has 0 unspecified atom stereocenters. The number of anilines is 1. The number of hydrogen-bond acceptors (Lipinski definition) is 4. The molecule has 2 amide bonds. The number of rotatable bonds is 5. The van der Waals surface area contributed by atoms with Crippen LogP contribution in [0, 0.1) is 6.92 Å². The van der Waals surface area contributed by atoms with Gasteiger partial charge in [-0.25, -0.2) is 0 Å². The Morgan fingerprint density at radius 3 is 2.37 bits per heavy atom. The third kappa shape index (κ3) is 4.30. The highest BCUT2D eigenvalue weighted by molar-refractivity contribution is 5.89. The van der Waals surface area contributed by atoms with Crippen molar-refractivity contribution in [3.05, 3.63) is 47.7 Å². The minimum absolute atomic E-state index is 0.0706. The number of aromatic nitrogens is 2. The van der Waals surface area contributed by atoms with Gasteiger partial charge in [0.2, 0.25) is 11.8 Å². The second kappa shape index (κ2) is 7.82. The van der Waals surface area contributed by atoms with Gasteiger partial charge in [0.05, 0.1) is 6.42 Å². The van der Waals surface area contributed by atoms with Crippen molar-refractivity contribution in [3.8, 4) is 0 Å². The van der Waals surface area contributed by atoms with Crippen LogP contribution in [-0.2, 0) is 23.1 Å². The average Bonchev–Trinajstić information content (AvgIpc) is 3.07. The van der Waals surface area contributed by atoms with E-state index in [1.54, 1.807) is 11.7 Å². The normalized spacial score (nSPS) is 16.0. The van der Waals surface area contributed by atoms with Crippen molar-refractivity contribution < 1.29 is 9.59 Å². The summed E-state index contributed by atoms with van der Waals surface area (Å²) in [6.07, 6.45) is 3.31. The molecular formula is C20H27N5O2. The fourth-order valence-electron chi connectivity index (χ4n) is 3.51. The first-order chi connectivity index (χ1) is 12.9. The number of carbonyl (C=O) groups excluding carboxylic acids is 2. The summed E-state index contributed by atoms with van der Waals surface area (Å²) in [5.41, 5.74) is 1.45. The quantitative estimate of drug-likeness (QED) is 0.837. The Morgan fingerprint density at radius 1 is 1.15 bits per heavy atom. The van der Waals surface area contributed by atoms with E-state index in [0.29, 0.717) is 38.2 Å². The number of carbonyl (C=O) groups is 2. The lowest BCUT2D eigenvalue weighted by molar-refractivity contribution is -0.135. The molecule has 27 heavy (non-hydrogen) atoms. The van der Waals surface area contributed by atoms with Crippen LogP contribution < -0.4 is 10.6 Å². The van der Waals surface area contributed by atoms with Gasteiger partial charge in [0.1, 0.15) is 11.4 Å². The zero-order valence-corrected chi connectivity index (χ0v) is 16.2. The zero-order valence-electron chi connectivity index (χ0n) is 16.2. The van der Waals surface area contributed by atoms with Gasteiger partial charge >= 0.3 is 0 Å². The van der Waals surface area contributed by atoms with E-state index in [1.165, 1.54) is 5.56 Å². The maximum Gasteiger partial charge on any atom is 0.245 e. The highest BCUT2D eigenvalue weighted by atomic mass is 16.2. The van der Waals surface area contributed by atoms with Crippen molar-refractivity contribution >= 4 is 17.6 Å². The molecule has 0 atom stereocenters. The van der Waals surface area contributed by atoms with Crippen molar-refractivity contribution in [2.75, 3.05) is 25.5 Å². The number of likely N-dealkylation sites (tertiary alicyclic amines) is 1. The maximum absolute atomic E-state index is 12.7. The number of amides is 2. The Kier molecular flexibility index (Phi) is 5.48. The molecule has 1 aliphatic rings. The van der Waals surface area contributed by atoms with E-state index in [4.69, 9.17) is 0 Å². The molecule has 1 fully saturated rings. The van der Waals surface area contributed by atoms with Crippen molar-refractivity contribution in [3.63, 3.8) is 0 Å². The first-order valence-electron chi connectivity index (χ1n) is 9.25. The third-order valence-electron chi connectivity index (χ3n) is 5.19. The first kappa shape index (κ1) is 18.9. The largest absolute Gasteiger partial charge is 0.357 e. The van der Waals surface area contributed by atoms with E-state index in [1.807, 2.05) is 55.4 Å². The molecule has 0 bridgehead atoms. The minimum Gasteiger partial charge on any atom is -0.357 e. The van der Waals surface area contributed by atoms with Gasteiger partial charge in [0, 0.05) is 39.4 Å². The number of hydrogen-bond donors (Lipinski definition) is 2. The lowest BCUT2D eigenvalue weighted by Gasteiger charge is -2.41. The fraction of sp³-hybridized carbons (Fsp3) is 0.450. The van der Waals surface area contributed by atoms with E-state index < -0.39 is 5.54 Å². The Balaban J connectivity index is 1.65. The number of likely N-dealkylation sites (N-methyl/N-ethyl adjacent to an activating group) is 1. The SMILES string of the molecule is CNC(=O)C1(Nc2ccn(C)n2)CCN(C(=O)Cc2ccc(C)cc2)CC1. The van der Waals surface area contributed by atoms with Crippen LogP contribution in [0.2, 0.25) is 0 Å². The van der Waals surface area contributed by atoms with Gasteiger partial charge in [-0.05, 0) is 25.3 Å². The second-order valence-corrected chi connectivity index (χ2v) is 7.20. The second-order valence-electron chi connectivity index (χ2n) is 7.20. The van der Waals surface area contributed by atoms with E-state index >= 15 is 0 Å².